The van der Waals surface area contributed by atoms with Crippen LogP contribution in [0.2, 0.25) is 0 Å². The van der Waals surface area contributed by atoms with E-state index in [0.29, 0.717) is 0 Å². The Morgan fingerprint density at radius 1 is 0.310 bits per heavy atom. The van der Waals surface area contributed by atoms with Crippen molar-refractivity contribution >= 4 is 94.5 Å². The van der Waals surface area contributed by atoms with Crippen molar-refractivity contribution < 1.29 is 13.6 Å². The number of furan rings is 2. The minimum atomic E-state index is -3.15. The second-order valence-corrected chi connectivity index (χ2v) is 22.5. The van der Waals surface area contributed by atoms with E-state index in [1.165, 1.54) is 42.6 Å². The summed E-state index contributed by atoms with van der Waals surface area (Å²) in [6.07, 6.45) is 0. The lowest BCUT2D eigenvalue weighted by atomic mass is 9.97. The summed E-state index contributed by atoms with van der Waals surface area (Å²) in [6.45, 7) is 0. The molecule has 71 heavy (non-hydrogen) atoms. The van der Waals surface area contributed by atoms with Gasteiger partial charge in [0.05, 0.1) is 11.0 Å². The molecular formula is C66H41NO3Si. The molecule has 0 fully saturated rings. The zero-order chi connectivity index (χ0) is 46.6. The van der Waals surface area contributed by atoms with E-state index in [1.807, 2.05) is 24.3 Å². The molecule has 4 nitrogen and oxygen atoms in total. The lowest BCUT2D eigenvalue weighted by molar-refractivity contribution is 0.487. The molecule has 5 heteroatoms. The Morgan fingerprint density at radius 3 is 1.70 bits per heavy atom. The smallest absolute Gasteiger partial charge is 0.188 e. The van der Waals surface area contributed by atoms with Crippen LogP contribution < -0.4 is 25.5 Å². The third kappa shape index (κ3) is 5.97. The van der Waals surface area contributed by atoms with Crippen molar-refractivity contribution in [1.29, 1.82) is 0 Å². The molecule has 332 valence electrons. The lowest BCUT2D eigenvalue weighted by Gasteiger charge is -2.40. The summed E-state index contributed by atoms with van der Waals surface area (Å²) in [5, 5.41) is 12.0. The Labute approximate surface area is 409 Å². The quantitative estimate of drug-likeness (QED) is 0.156. The predicted octanol–water partition coefficient (Wildman–Crippen LogP) is 15.1. The maximum absolute atomic E-state index is 7.12. The molecule has 0 bridgehead atoms. The summed E-state index contributed by atoms with van der Waals surface area (Å²) < 4.78 is 22.4. The summed E-state index contributed by atoms with van der Waals surface area (Å²) in [5.74, 6) is 1.76. The van der Waals surface area contributed by atoms with Gasteiger partial charge in [0, 0.05) is 43.6 Å². The van der Waals surface area contributed by atoms with E-state index in [1.54, 1.807) is 0 Å². The van der Waals surface area contributed by atoms with E-state index < -0.39 is 8.07 Å². The van der Waals surface area contributed by atoms with Gasteiger partial charge in [0.1, 0.15) is 33.8 Å². The summed E-state index contributed by atoms with van der Waals surface area (Å²) in [5.41, 5.74) is 13.7. The van der Waals surface area contributed by atoms with Gasteiger partial charge in [0.15, 0.2) is 8.07 Å². The molecule has 1 atom stereocenters. The summed E-state index contributed by atoms with van der Waals surface area (Å²) in [6, 6.07) is 90.2. The molecule has 0 amide bonds. The number of para-hydroxylation sites is 6. The molecule has 1 aliphatic rings. The van der Waals surface area contributed by atoms with Gasteiger partial charge < -0.3 is 18.1 Å². The first-order valence-corrected chi connectivity index (χ1v) is 26.2. The van der Waals surface area contributed by atoms with E-state index in [2.05, 4.69) is 229 Å². The molecule has 3 aromatic heterocycles. The van der Waals surface area contributed by atoms with Gasteiger partial charge in [-0.1, -0.05) is 182 Å². The van der Waals surface area contributed by atoms with Crippen LogP contribution in [0.5, 0.6) is 11.5 Å². The first-order chi connectivity index (χ1) is 35.2. The van der Waals surface area contributed by atoms with Crippen LogP contribution in [0.4, 0.5) is 0 Å². The zero-order valence-corrected chi connectivity index (χ0v) is 39.3. The van der Waals surface area contributed by atoms with E-state index in [4.69, 9.17) is 13.6 Å². The molecule has 0 aliphatic carbocycles. The third-order valence-electron chi connectivity index (χ3n) is 15.0. The van der Waals surface area contributed by atoms with Gasteiger partial charge in [-0.25, -0.2) is 0 Å². The molecule has 0 saturated carbocycles. The highest BCUT2D eigenvalue weighted by atomic mass is 28.3. The Bertz CT molecular complexity index is 4410. The number of ether oxygens (including phenoxy) is 1. The average Bonchev–Trinajstić information content (AvgIpc) is 4.12. The number of rotatable bonds is 6. The van der Waals surface area contributed by atoms with Crippen LogP contribution in [0, 0.1) is 0 Å². The molecular weight excluding hydrogens is 883 g/mol. The molecule has 0 saturated heterocycles. The van der Waals surface area contributed by atoms with Gasteiger partial charge >= 0.3 is 0 Å². The minimum absolute atomic E-state index is 0.874. The number of nitrogens with zero attached hydrogens (tertiary/aromatic N) is 1. The van der Waals surface area contributed by atoms with Crippen molar-refractivity contribution in [3.63, 3.8) is 0 Å². The van der Waals surface area contributed by atoms with E-state index in [-0.39, 0.29) is 0 Å². The van der Waals surface area contributed by atoms with Gasteiger partial charge in [-0.3, -0.25) is 0 Å². The third-order valence-corrected chi connectivity index (χ3v) is 19.8. The van der Waals surface area contributed by atoms with E-state index in [0.717, 1.165) is 94.4 Å². The van der Waals surface area contributed by atoms with Crippen LogP contribution in [0.1, 0.15) is 0 Å². The second-order valence-electron chi connectivity index (χ2n) is 18.7. The van der Waals surface area contributed by atoms with Crippen LogP contribution in [0.25, 0.3) is 105 Å². The standard InChI is InChI=1S/C66H41NO3Si/c1-5-24-57-51(18-1)52-19-2-6-25-58(52)67(57)47-16-12-17-49(41-47)71(48-34-30-42(31-35-48)44-32-36-55-53-20-3-7-26-59(53)68-62(55)39-44)64-29-10-9-28-61(64)69-63-40-45(33-37-65(63)71)43-14-11-15-46(38-43)50-22-13-23-56-54-21-4-8-27-60(54)70-66(50)56/h1-41H. The summed E-state index contributed by atoms with van der Waals surface area (Å²) in [4.78, 5) is 0. The SMILES string of the molecule is c1cc(-c2ccc3c(c2)Oc2ccccc2[Si]3(c2ccc(-c3ccc4c(c3)oc3ccccc34)cc2)c2cccc(-n3c4ccccc4c4ccccc43)c2)cc(-c2cccc3c2oc2ccccc23)c1. The second kappa shape index (κ2) is 15.4. The predicted molar refractivity (Wildman–Crippen MR) is 295 cm³/mol. The van der Waals surface area contributed by atoms with Crippen molar-refractivity contribution in [3.8, 4) is 50.6 Å². The van der Waals surface area contributed by atoms with Crippen LogP contribution in [0.3, 0.4) is 0 Å². The first kappa shape index (κ1) is 39.8. The number of benzene rings is 11. The largest absolute Gasteiger partial charge is 0.458 e. The van der Waals surface area contributed by atoms with Crippen molar-refractivity contribution in [2.45, 2.75) is 0 Å². The normalized spacial score (nSPS) is 14.4. The number of hydrogen-bond acceptors (Lipinski definition) is 3. The van der Waals surface area contributed by atoms with E-state index in [9.17, 15) is 0 Å². The topological polar surface area (TPSA) is 40.4 Å². The molecule has 4 heterocycles. The highest BCUT2D eigenvalue weighted by molar-refractivity contribution is 7.20. The van der Waals surface area contributed by atoms with Crippen LogP contribution in [0.15, 0.2) is 258 Å². The average molecular weight is 924 g/mol. The Kier molecular flexibility index (Phi) is 8.64. The van der Waals surface area contributed by atoms with Crippen molar-refractivity contribution in [2.75, 3.05) is 0 Å². The Hall–Kier alpha value is -9.16. The van der Waals surface area contributed by atoms with Crippen molar-refractivity contribution in [2.24, 2.45) is 0 Å². The highest BCUT2D eigenvalue weighted by Gasteiger charge is 2.48. The van der Waals surface area contributed by atoms with Gasteiger partial charge in [-0.05, 0) is 115 Å². The van der Waals surface area contributed by atoms with Crippen LogP contribution in [-0.4, -0.2) is 12.6 Å². The molecule has 15 rings (SSSR count). The fourth-order valence-corrected chi connectivity index (χ4v) is 16.7. The first-order valence-electron chi connectivity index (χ1n) is 24.2. The monoisotopic (exact) mass is 923 g/mol. The highest BCUT2D eigenvalue weighted by Crippen LogP contribution is 2.40. The lowest BCUT2D eigenvalue weighted by Crippen LogP contribution is -2.76. The van der Waals surface area contributed by atoms with Gasteiger partial charge in [-0.15, -0.1) is 0 Å². The molecule has 0 spiro atoms. The van der Waals surface area contributed by atoms with Crippen LogP contribution in [-0.2, 0) is 0 Å². The molecule has 14 aromatic rings. The van der Waals surface area contributed by atoms with Crippen LogP contribution >= 0.6 is 0 Å². The number of hydrogen-bond donors (Lipinski definition) is 0. The van der Waals surface area contributed by atoms with Gasteiger partial charge in [0.2, 0.25) is 0 Å². The number of aromatic nitrogens is 1. The molecule has 1 aliphatic heterocycles. The summed E-state index contributed by atoms with van der Waals surface area (Å²) >= 11 is 0. The van der Waals surface area contributed by atoms with Crippen molar-refractivity contribution in [3.05, 3.63) is 249 Å². The zero-order valence-electron chi connectivity index (χ0n) is 38.3. The molecule has 1 unspecified atom stereocenters. The maximum atomic E-state index is 7.12. The van der Waals surface area contributed by atoms with Crippen molar-refractivity contribution in [1.82, 2.24) is 4.57 Å². The fourth-order valence-electron chi connectivity index (χ4n) is 11.8. The number of fused-ring (bicyclic) bond motifs is 11. The van der Waals surface area contributed by atoms with Gasteiger partial charge in [-0.2, -0.15) is 0 Å². The van der Waals surface area contributed by atoms with Gasteiger partial charge in [0.25, 0.3) is 0 Å². The fraction of sp³-hybridized carbons (Fsp3) is 0. The Balaban J connectivity index is 0.927. The van der Waals surface area contributed by atoms with E-state index >= 15 is 0 Å². The Morgan fingerprint density at radius 2 is 0.887 bits per heavy atom. The molecule has 0 N–H and O–H groups in total. The maximum Gasteiger partial charge on any atom is 0.188 e. The molecule has 0 radical (unpaired) electrons. The molecule has 11 aromatic carbocycles. The summed E-state index contributed by atoms with van der Waals surface area (Å²) in [7, 11) is -3.15. The minimum Gasteiger partial charge on any atom is -0.458 e.